The Hall–Kier alpha value is -2.89. The van der Waals surface area contributed by atoms with Gasteiger partial charge in [0, 0.05) is 19.3 Å². The number of carbonyl (C=O) groups is 3. The summed E-state index contributed by atoms with van der Waals surface area (Å²) in [5, 5.41) is 0. The van der Waals surface area contributed by atoms with Crippen LogP contribution in [0.5, 0.6) is 0 Å². The summed E-state index contributed by atoms with van der Waals surface area (Å²) < 4.78 is 16.8. The standard InChI is InChI=1S/C59H104O6/c1-4-7-10-13-16-19-22-24-26-27-28-29-30-31-33-35-38-41-44-47-50-53-59(62)65-56(54-63-57(60)51-48-45-42-39-36-21-18-15-12-9-6-3)55-64-58(61)52-49-46-43-40-37-34-32-25-23-20-17-14-11-8-5-2/h8,11,15,17-18,20,24-26,32,56H,4-7,9-10,12-14,16,19,21-23,27-31,33-55H2,1-3H3/b11-8-,18-15-,20-17-,26-24-,32-25-/t56-/m0/s1. The number of esters is 3. The number of allylic oxidation sites excluding steroid dienone is 10. The molecular weight excluding hydrogens is 805 g/mol. The maximum absolute atomic E-state index is 12.8. The Balaban J connectivity index is 4.33. The summed E-state index contributed by atoms with van der Waals surface area (Å²) in [6, 6.07) is 0. The zero-order chi connectivity index (χ0) is 47.2. The average Bonchev–Trinajstić information content (AvgIpc) is 3.30. The third-order valence-electron chi connectivity index (χ3n) is 12.0. The van der Waals surface area contributed by atoms with Crippen LogP contribution in [-0.4, -0.2) is 37.2 Å². The first-order chi connectivity index (χ1) is 32.0. The molecule has 65 heavy (non-hydrogen) atoms. The van der Waals surface area contributed by atoms with Crippen LogP contribution in [0, 0.1) is 0 Å². The van der Waals surface area contributed by atoms with Gasteiger partial charge < -0.3 is 14.2 Å². The van der Waals surface area contributed by atoms with Crippen molar-refractivity contribution >= 4 is 17.9 Å². The van der Waals surface area contributed by atoms with Gasteiger partial charge in [-0.3, -0.25) is 14.4 Å². The fraction of sp³-hybridized carbons (Fsp3) is 0.780. The van der Waals surface area contributed by atoms with E-state index in [2.05, 4.69) is 81.5 Å². The van der Waals surface area contributed by atoms with Crippen molar-refractivity contribution in [1.82, 2.24) is 0 Å². The molecule has 0 saturated carbocycles. The molecule has 0 aromatic carbocycles. The lowest BCUT2D eigenvalue weighted by molar-refractivity contribution is -0.167. The van der Waals surface area contributed by atoms with Crippen molar-refractivity contribution in [1.29, 1.82) is 0 Å². The van der Waals surface area contributed by atoms with E-state index in [0.717, 1.165) is 103 Å². The van der Waals surface area contributed by atoms with Crippen molar-refractivity contribution in [3.63, 3.8) is 0 Å². The predicted molar refractivity (Wildman–Crippen MR) is 279 cm³/mol. The second-order valence-electron chi connectivity index (χ2n) is 18.5. The molecule has 0 unspecified atom stereocenters. The largest absolute Gasteiger partial charge is 0.462 e. The van der Waals surface area contributed by atoms with Crippen molar-refractivity contribution in [2.45, 2.75) is 284 Å². The van der Waals surface area contributed by atoms with Gasteiger partial charge in [0.2, 0.25) is 0 Å². The molecule has 376 valence electrons. The number of hydrogen-bond acceptors (Lipinski definition) is 6. The summed E-state index contributed by atoms with van der Waals surface area (Å²) in [6.07, 6.45) is 66.4. The molecule has 0 heterocycles. The first-order valence-corrected chi connectivity index (χ1v) is 27.8. The lowest BCUT2D eigenvalue weighted by Gasteiger charge is -2.18. The molecule has 0 aliphatic heterocycles. The Labute approximate surface area is 402 Å². The molecule has 0 bridgehead atoms. The van der Waals surface area contributed by atoms with Gasteiger partial charge >= 0.3 is 17.9 Å². The van der Waals surface area contributed by atoms with Crippen molar-refractivity contribution in [2.75, 3.05) is 13.2 Å². The quantitative estimate of drug-likeness (QED) is 0.0262. The van der Waals surface area contributed by atoms with E-state index in [1.807, 2.05) is 0 Å². The number of unbranched alkanes of at least 4 members (excludes halogenated alkanes) is 29. The van der Waals surface area contributed by atoms with Crippen molar-refractivity contribution in [3.05, 3.63) is 60.8 Å². The van der Waals surface area contributed by atoms with E-state index in [9.17, 15) is 14.4 Å². The Kier molecular flexibility index (Phi) is 51.3. The molecule has 0 spiro atoms. The molecule has 0 N–H and O–H groups in total. The minimum Gasteiger partial charge on any atom is -0.462 e. The minimum atomic E-state index is -0.784. The first-order valence-electron chi connectivity index (χ1n) is 27.8. The summed E-state index contributed by atoms with van der Waals surface area (Å²) in [5.74, 6) is -0.903. The molecule has 0 saturated heterocycles. The van der Waals surface area contributed by atoms with Gasteiger partial charge in [-0.05, 0) is 96.3 Å². The van der Waals surface area contributed by atoms with Gasteiger partial charge in [-0.2, -0.15) is 0 Å². The van der Waals surface area contributed by atoms with Crippen LogP contribution in [0.4, 0.5) is 0 Å². The number of rotatable bonds is 50. The minimum absolute atomic E-state index is 0.0837. The van der Waals surface area contributed by atoms with E-state index in [-0.39, 0.29) is 31.1 Å². The van der Waals surface area contributed by atoms with Gasteiger partial charge in [0.15, 0.2) is 6.10 Å². The lowest BCUT2D eigenvalue weighted by Crippen LogP contribution is -2.30. The summed E-state index contributed by atoms with van der Waals surface area (Å²) in [5.41, 5.74) is 0. The van der Waals surface area contributed by atoms with Crippen LogP contribution in [0.2, 0.25) is 0 Å². The second kappa shape index (κ2) is 53.7. The first kappa shape index (κ1) is 62.1. The molecule has 0 amide bonds. The van der Waals surface area contributed by atoms with Crippen LogP contribution in [0.3, 0.4) is 0 Å². The average molecular weight is 909 g/mol. The Bertz CT molecular complexity index is 1180. The third kappa shape index (κ3) is 51.9. The summed E-state index contributed by atoms with van der Waals surface area (Å²) in [7, 11) is 0. The van der Waals surface area contributed by atoms with Crippen LogP contribution in [0.25, 0.3) is 0 Å². The van der Waals surface area contributed by atoms with Crippen LogP contribution in [0.1, 0.15) is 278 Å². The molecule has 0 rings (SSSR count). The fourth-order valence-electron chi connectivity index (χ4n) is 7.79. The highest BCUT2D eigenvalue weighted by atomic mass is 16.6. The van der Waals surface area contributed by atoms with E-state index >= 15 is 0 Å². The van der Waals surface area contributed by atoms with Gasteiger partial charge in [0.25, 0.3) is 0 Å². The molecule has 0 aliphatic rings. The lowest BCUT2D eigenvalue weighted by atomic mass is 10.0. The fourth-order valence-corrected chi connectivity index (χ4v) is 7.79. The summed E-state index contributed by atoms with van der Waals surface area (Å²) in [6.45, 7) is 6.48. The van der Waals surface area contributed by atoms with E-state index in [0.29, 0.717) is 19.3 Å². The van der Waals surface area contributed by atoms with E-state index in [1.54, 1.807) is 0 Å². The third-order valence-corrected chi connectivity index (χ3v) is 12.0. The summed E-state index contributed by atoms with van der Waals surface area (Å²) >= 11 is 0. The number of ether oxygens (including phenoxy) is 3. The van der Waals surface area contributed by atoms with Gasteiger partial charge in [0.1, 0.15) is 13.2 Å². The molecule has 0 aliphatic carbocycles. The molecule has 1 atom stereocenters. The van der Waals surface area contributed by atoms with Crippen molar-refractivity contribution in [2.24, 2.45) is 0 Å². The number of carbonyl (C=O) groups excluding carboxylic acids is 3. The van der Waals surface area contributed by atoms with E-state index in [1.165, 1.54) is 135 Å². The molecule has 0 radical (unpaired) electrons. The van der Waals surface area contributed by atoms with Crippen LogP contribution >= 0.6 is 0 Å². The maximum Gasteiger partial charge on any atom is 0.306 e. The zero-order valence-corrected chi connectivity index (χ0v) is 43.0. The zero-order valence-electron chi connectivity index (χ0n) is 43.0. The molecule has 6 heteroatoms. The predicted octanol–water partition coefficient (Wildman–Crippen LogP) is 18.4. The topological polar surface area (TPSA) is 78.9 Å². The molecule has 0 aromatic heterocycles. The van der Waals surface area contributed by atoms with Gasteiger partial charge in [-0.1, -0.05) is 223 Å². The Morgan fingerprint density at radius 1 is 0.323 bits per heavy atom. The highest BCUT2D eigenvalue weighted by Gasteiger charge is 2.19. The SMILES string of the molecule is CC/C=C\C/C=C\C/C=C\CCCCCCCC(=O)OC[C@H](COC(=O)CCCCCCC/C=C\CCCC)OC(=O)CCCCCCCCCCCCC/C=C\CCCCCCCC. The monoisotopic (exact) mass is 909 g/mol. The van der Waals surface area contributed by atoms with Crippen LogP contribution in [-0.2, 0) is 28.6 Å². The van der Waals surface area contributed by atoms with Gasteiger partial charge in [0.05, 0.1) is 0 Å². The highest BCUT2D eigenvalue weighted by Crippen LogP contribution is 2.15. The summed E-state index contributed by atoms with van der Waals surface area (Å²) in [4.78, 5) is 38.0. The van der Waals surface area contributed by atoms with Gasteiger partial charge in [-0.15, -0.1) is 0 Å². The molecule has 0 aromatic rings. The molecule has 6 nitrogen and oxygen atoms in total. The normalized spacial score (nSPS) is 12.5. The Morgan fingerprint density at radius 2 is 0.615 bits per heavy atom. The highest BCUT2D eigenvalue weighted by molar-refractivity contribution is 5.71. The molecular formula is C59H104O6. The van der Waals surface area contributed by atoms with Crippen LogP contribution in [0.15, 0.2) is 60.8 Å². The van der Waals surface area contributed by atoms with Gasteiger partial charge in [-0.25, -0.2) is 0 Å². The molecule has 0 fully saturated rings. The van der Waals surface area contributed by atoms with Crippen LogP contribution < -0.4 is 0 Å². The Morgan fingerprint density at radius 3 is 1.00 bits per heavy atom. The second-order valence-corrected chi connectivity index (χ2v) is 18.5. The number of hydrogen-bond donors (Lipinski definition) is 0. The maximum atomic E-state index is 12.8. The smallest absolute Gasteiger partial charge is 0.306 e. The van der Waals surface area contributed by atoms with Crippen molar-refractivity contribution < 1.29 is 28.6 Å². The van der Waals surface area contributed by atoms with Crippen molar-refractivity contribution in [3.8, 4) is 0 Å². The van der Waals surface area contributed by atoms with E-state index < -0.39 is 6.10 Å². The van der Waals surface area contributed by atoms with E-state index in [4.69, 9.17) is 14.2 Å².